The van der Waals surface area contributed by atoms with Crippen molar-refractivity contribution >= 4 is 21.9 Å². The lowest BCUT2D eigenvalue weighted by molar-refractivity contribution is -0.143. The van der Waals surface area contributed by atoms with E-state index in [0.717, 1.165) is 19.3 Å². The predicted molar refractivity (Wildman–Crippen MR) is 53.5 cm³/mol. The van der Waals surface area contributed by atoms with Crippen LogP contribution in [0.1, 0.15) is 39.5 Å². The molecule has 2 nitrogen and oxygen atoms in total. The number of carbonyl (C=O) groups is 1. The van der Waals surface area contributed by atoms with Crippen LogP contribution in [-0.2, 0) is 9.53 Å². The third-order valence-electron chi connectivity index (χ3n) is 1.46. The number of alkyl halides is 1. The van der Waals surface area contributed by atoms with E-state index in [0.29, 0.717) is 17.9 Å². The highest BCUT2D eigenvalue weighted by atomic mass is 79.9. The zero-order valence-electron chi connectivity index (χ0n) is 7.81. The monoisotopic (exact) mass is 236 g/mol. The Balaban J connectivity index is 3.14. The van der Waals surface area contributed by atoms with Gasteiger partial charge in [0.25, 0.3) is 0 Å². The lowest BCUT2D eigenvalue weighted by Gasteiger charge is -2.04. The quantitative estimate of drug-likeness (QED) is 0.403. The molecule has 0 aromatic heterocycles. The van der Waals surface area contributed by atoms with Gasteiger partial charge in [-0.05, 0) is 19.3 Å². The zero-order chi connectivity index (χ0) is 9.40. The predicted octanol–water partition coefficient (Wildman–Crippen LogP) is 2.89. The first-order chi connectivity index (χ1) is 5.66. The minimum absolute atomic E-state index is 0.0697. The summed E-state index contributed by atoms with van der Waals surface area (Å²) in [6.07, 6.45) is 3.42. The van der Waals surface area contributed by atoms with Crippen LogP contribution in [0.4, 0.5) is 0 Å². The van der Waals surface area contributed by atoms with Gasteiger partial charge in [0.1, 0.15) is 0 Å². The molecule has 3 heteroatoms. The molecule has 0 aliphatic heterocycles. The SMILES string of the molecule is CCCC(=O)OCCCC(C)Br. The van der Waals surface area contributed by atoms with Crippen LogP contribution < -0.4 is 0 Å². The molecule has 0 rings (SSSR count). The minimum Gasteiger partial charge on any atom is -0.466 e. The van der Waals surface area contributed by atoms with Crippen LogP contribution in [-0.4, -0.2) is 17.4 Å². The van der Waals surface area contributed by atoms with Crippen molar-refractivity contribution in [2.45, 2.75) is 44.4 Å². The summed E-state index contributed by atoms with van der Waals surface area (Å²) in [5.74, 6) is -0.0697. The maximum atomic E-state index is 10.9. The lowest BCUT2D eigenvalue weighted by atomic mass is 10.3. The average molecular weight is 237 g/mol. The van der Waals surface area contributed by atoms with Crippen molar-refractivity contribution in [2.75, 3.05) is 6.61 Å². The summed E-state index contributed by atoms with van der Waals surface area (Å²) in [6.45, 7) is 4.63. The molecule has 1 unspecified atom stereocenters. The Morgan fingerprint density at radius 1 is 1.58 bits per heavy atom. The number of carbonyl (C=O) groups excluding carboxylic acids is 1. The highest BCUT2D eigenvalue weighted by molar-refractivity contribution is 9.09. The Hall–Kier alpha value is -0.0500. The van der Waals surface area contributed by atoms with Gasteiger partial charge in [0.05, 0.1) is 6.61 Å². The highest BCUT2D eigenvalue weighted by Crippen LogP contribution is 2.06. The van der Waals surface area contributed by atoms with Gasteiger partial charge in [-0.3, -0.25) is 4.79 Å². The Labute approximate surface area is 82.8 Å². The summed E-state index contributed by atoms with van der Waals surface area (Å²) in [6, 6.07) is 0. The fourth-order valence-electron chi connectivity index (χ4n) is 0.827. The maximum Gasteiger partial charge on any atom is 0.305 e. The van der Waals surface area contributed by atoms with Gasteiger partial charge >= 0.3 is 5.97 Å². The van der Waals surface area contributed by atoms with E-state index in [9.17, 15) is 4.79 Å². The summed E-state index contributed by atoms with van der Waals surface area (Å²) < 4.78 is 4.97. The van der Waals surface area contributed by atoms with Crippen LogP contribution in [0.2, 0.25) is 0 Å². The molecular weight excluding hydrogens is 220 g/mol. The van der Waals surface area contributed by atoms with Gasteiger partial charge in [0.2, 0.25) is 0 Å². The van der Waals surface area contributed by atoms with E-state index in [1.54, 1.807) is 0 Å². The summed E-state index contributed by atoms with van der Waals surface area (Å²) in [5, 5.41) is 0. The molecule has 0 aliphatic rings. The van der Waals surface area contributed by atoms with Gasteiger partial charge in [-0.15, -0.1) is 0 Å². The van der Waals surface area contributed by atoms with Crippen LogP contribution in [0.25, 0.3) is 0 Å². The molecule has 0 aromatic carbocycles. The molecule has 0 amide bonds. The van der Waals surface area contributed by atoms with E-state index in [-0.39, 0.29) is 5.97 Å². The van der Waals surface area contributed by atoms with Gasteiger partial charge in [-0.1, -0.05) is 29.8 Å². The van der Waals surface area contributed by atoms with Crippen molar-refractivity contribution in [1.82, 2.24) is 0 Å². The molecule has 0 radical (unpaired) electrons. The molecule has 0 fully saturated rings. The first kappa shape index (κ1) is 11.9. The van der Waals surface area contributed by atoms with Crippen molar-refractivity contribution in [3.8, 4) is 0 Å². The van der Waals surface area contributed by atoms with E-state index in [2.05, 4.69) is 22.9 Å². The molecule has 1 atom stereocenters. The van der Waals surface area contributed by atoms with Gasteiger partial charge in [0, 0.05) is 11.2 Å². The van der Waals surface area contributed by atoms with Crippen molar-refractivity contribution in [1.29, 1.82) is 0 Å². The number of hydrogen-bond donors (Lipinski definition) is 0. The largest absolute Gasteiger partial charge is 0.466 e. The van der Waals surface area contributed by atoms with Crippen LogP contribution in [0.5, 0.6) is 0 Å². The Bertz CT molecular complexity index is 124. The molecule has 0 N–H and O–H groups in total. The lowest BCUT2D eigenvalue weighted by Crippen LogP contribution is -2.06. The van der Waals surface area contributed by atoms with Crippen molar-refractivity contribution in [2.24, 2.45) is 0 Å². The number of hydrogen-bond acceptors (Lipinski definition) is 2. The molecule has 0 saturated heterocycles. The molecular formula is C9H17BrO2. The summed E-state index contributed by atoms with van der Waals surface area (Å²) in [7, 11) is 0. The average Bonchev–Trinajstić information content (AvgIpc) is 1.98. The standard InChI is InChI=1S/C9H17BrO2/c1-3-5-9(11)12-7-4-6-8(2)10/h8H,3-7H2,1-2H3. The molecule has 12 heavy (non-hydrogen) atoms. The van der Waals surface area contributed by atoms with Gasteiger partial charge in [-0.2, -0.15) is 0 Å². The van der Waals surface area contributed by atoms with Crippen molar-refractivity contribution in [3.63, 3.8) is 0 Å². The smallest absolute Gasteiger partial charge is 0.305 e. The van der Waals surface area contributed by atoms with Gasteiger partial charge in [-0.25, -0.2) is 0 Å². The van der Waals surface area contributed by atoms with E-state index in [1.165, 1.54) is 0 Å². The number of halogens is 1. The molecule has 0 saturated carbocycles. The third kappa shape index (κ3) is 8.05. The van der Waals surface area contributed by atoms with Gasteiger partial charge in [0.15, 0.2) is 0 Å². The van der Waals surface area contributed by atoms with Crippen LogP contribution in [0.3, 0.4) is 0 Å². The van der Waals surface area contributed by atoms with Crippen molar-refractivity contribution < 1.29 is 9.53 Å². The summed E-state index contributed by atoms with van der Waals surface area (Å²) >= 11 is 3.43. The van der Waals surface area contributed by atoms with E-state index >= 15 is 0 Å². The highest BCUT2D eigenvalue weighted by Gasteiger charge is 2.00. The van der Waals surface area contributed by atoms with Crippen molar-refractivity contribution in [3.05, 3.63) is 0 Å². The first-order valence-corrected chi connectivity index (χ1v) is 5.38. The molecule has 0 aromatic rings. The van der Waals surface area contributed by atoms with Crippen LogP contribution in [0, 0.1) is 0 Å². The number of rotatable bonds is 6. The maximum absolute atomic E-state index is 10.9. The Morgan fingerprint density at radius 2 is 2.25 bits per heavy atom. The molecule has 0 bridgehead atoms. The topological polar surface area (TPSA) is 26.3 Å². The fourth-order valence-corrected chi connectivity index (χ4v) is 1.15. The number of ether oxygens (including phenoxy) is 1. The fraction of sp³-hybridized carbons (Fsp3) is 0.889. The van der Waals surface area contributed by atoms with Gasteiger partial charge < -0.3 is 4.74 Å². The number of esters is 1. The third-order valence-corrected chi connectivity index (χ3v) is 1.92. The first-order valence-electron chi connectivity index (χ1n) is 4.46. The molecule has 72 valence electrons. The Morgan fingerprint density at radius 3 is 2.75 bits per heavy atom. The second kappa shape index (κ2) is 7.59. The summed E-state index contributed by atoms with van der Waals surface area (Å²) in [4.78, 5) is 11.4. The van der Waals surface area contributed by atoms with E-state index in [1.807, 2.05) is 6.92 Å². The normalized spacial score (nSPS) is 12.6. The van der Waals surface area contributed by atoms with Crippen LogP contribution >= 0.6 is 15.9 Å². The summed E-state index contributed by atoms with van der Waals surface area (Å²) in [5.41, 5.74) is 0. The molecule has 0 spiro atoms. The second-order valence-electron chi connectivity index (χ2n) is 2.89. The Kier molecular flexibility index (Phi) is 7.56. The molecule has 0 heterocycles. The molecule has 0 aliphatic carbocycles. The zero-order valence-corrected chi connectivity index (χ0v) is 9.39. The van der Waals surface area contributed by atoms with E-state index < -0.39 is 0 Å². The second-order valence-corrected chi connectivity index (χ2v) is 4.46. The van der Waals surface area contributed by atoms with Crippen LogP contribution in [0.15, 0.2) is 0 Å². The van der Waals surface area contributed by atoms with E-state index in [4.69, 9.17) is 4.74 Å². The minimum atomic E-state index is -0.0697.